The minimum absolute atomic E-state index is 0.0271. The molecule has 110 valence electrons. The van der Waals surface area contributed by atoms with Gasteiger partial charge in [-0.3, -0.25) is 9.59 Å². The molecule has 0 rings (SSSR count). The highest BCUT2D eigenvalue weighted by molar-refractivity contribution is 5.89. The quantitative estimate of drug-likeness (QED) is 0.575. The Bertz CT molecular complexity index is 345. The Labute approximate surface area is 112 Å². The summed E-state index contributed by atoms with van der Waals surface area (Å²) in [6, 6.07) is -1.88. The first-order chi connectivity index (χ1) is 8.76. The van der Waals surface area contributed by atoms with E-state index in [0.29, 0.717) is 0 Å². The summed E-state index contributed by atoms with van der Waals surface area (Å²) in [7, 11) is 2.94. The Balaban J connectivity index is 5.01. The Morgan fingerprint density at radius 3 is 2.11 bits per heavy atom. The van der Waals surface area contributed by atoms with E-state index >= 15 is 0 Å². The second-order valence-corrected chi connectivity index (χ2v) is 4.55. The van der Waals surface area contributed by atoms with Gasteiger partial charge in [-0.15, -0.1) is 0 Å². The lowest BCUT2D eigenvalue weighted by atomic mass is 9.97. The largest absolute Gasteiger partial charge is 0.481 e. The predicted molar refractivity (Wildman–Crippen MR) is 68.7 cm³/mol. The zero-order valence-electron chi connectivity index (χ0n) is 11.7. The zero-order chi connectivity index (χ0) is 15.2. The molecule has 0 heterocycles. The van der Waals surface area contributed by atoms with Crippen LogP contribution in [-0.2, 0) is 14.4 Å². The van der Waals surface area contributed by atoms with Crippen molar-refractivity contribution in [2.75, 3.05) is 14.1 Å². The first kappa shape index (κ1) is 17.4. The van der Waals surface area contributed by atoms with E-state index in [-0.39, 0.29) is 5.92 Å². The molecule has 0 aromatic rings. The molecule has 7 heteroatoms. The number of nitrogens with one attached hydrogen (secondary N) is 1. The molecule has 0 bridgehead atoms. The summed E-state index contributed by atoms with van der Waals surface area (Å²) >= 11 is 0. The molecule has 0 aliphatic carbocycles. The molecule has 7 nitrogen and oxygen atoms in total. The van der Waals surface area contributed by atoms with Crippen molar-refractivity contribution in [3.63, 3.8) is 0 Å². The van der Waals surface area contributed by atoms with Gasteiger partial charge in [-0.05, 0) is 13.0 Å². The van der Waals surface area contributed by atoms with E-state index in [1.54, 1.807) is 7.05 Å². The maximum atomic E-state index is 12.2. The van der Waals surface area contributed by atoms with Crippen molar-refractivity contribution >= 4 is 17.8 Å². The summed E-state index contributed by atoms with van der Waals surface area (Å²) in [4.78, 5) is 34.9. The number of carbonyl (C=O) groups is 3. The molecule has 0 fully saturated rings. The fourth-order valence-corrected chi connectivity index (χ4v) is 1.82. The SMILES string of the molecule is CC[C@H](C)[C@H](NC)C(=O)N(C)[C@@H](CC(=O)O)C(=O)O. The first-order valence-corrected chi connectivity index (χ1v) is 6.14. The van der Waals surface area contributed by atoms with Gasteiger partial charge < -0.3 is 20.4 Å². The molecule has 3 atom stereocenters. The van der Waals surface area contributed by atoms with Crippen LogP contribution < -0.4 is 5.32 Å². The molecule has 0 aliphatic heterocycles. The molecular formula is C12H22N2O5. The third-order valence-corrected chi connectivity index (χ3v) is 3.26. The standard InChI is InChI=1S/C12H22N2O5/c1-5-7(2)10(13-3)11(17)14(4)8(12(18)19)6-9(15)16/h7-8,10,13H,5-6H2,1-4H3,(H,15,16)(H,18,19)/t7-,8-,10-/m0/s1. The zero-order valence-corrected chi connectivity index (χ0v) is 11.7. The van der Waals surface area contributed by atoms with Crippen LogP contribution in [0.5, 0.6) is 0 Å². The van der Waals surface area contributed by atoms with E-state index in [2.05, 4.69) is 5.32 Å². The van der Waals surface area contributed by atoms with Gasteiger partial charge in [-0.25, -0.2) is 4.79 Å². The maximum absolute atomic E-state index is 12.2. The summed E-state index contributed by atoms with van der Waals surface area (Å²) < 4.78 is 0. The molecule has 1 amide bonds. The van der Waals surface area contributed by atoms with Crippen LogP contribution in [0.25, 0.3) is 0 Å². The predicted octanol–water partition coefficient (Wildman–Crippen LogP) is 0.00680. The lowest BCUT2D eigenvalue weighted by Gasteiger charge is -2.30. The first-order valence-electron chi connectivity index (χ1n) is 6.14. The van der Waals surface area contributed by atoms with Gasteiger partial charge >= 0.3 is 11.9 Å². The average Bonchev–Trinajstić information content (AvgIpc) is 2.34. The van der Waals surface area contributed by atoms with Crippen LogP contribution in [0.15, 0.2) is 0 Å². The van der Waals surface area contributed by atoms with Crippen LogP contribution in [0.4, 0.5) is 0 Å². The number of hydrogen-bond acceptors (Lipinski definition) is 4. The highest BCUT2D eigenvalue weighted by Gasteiger charge is 2.33. The molecular weight excluding hydrogens is 252 g/mol. The van der Waals surface area contributed by atoms with E-state index in [1.807, 2.05) is 13.8 Å². The number of hydrogen-bond donors (Lipinski definition) is 3. The maximum Gasteiger partial charge on any atom is 0.327 e. The average molecular weight is 274 g/mol. The third-order valence-electron chi connectivity index (χ3n) is 3.26. The number of carboxylic acid groups (broad SMARTS) is 2. The molecule has 0 aromatic heterocycles. The van der Waals surface area contributed by atoms with Crippen LogP contribution in [0.3, 0.4) is 0 Å². The van der Waals surface area contributed by atoms with Crippen LogP contribution in [-0.4, -0.2) is 59.1 Å². The molecule has 19 heavy (non-hydrogen) atoms. The van der Waals surface area contributed by atoms with Gasteiger partial charge in [0.15, 0.2) is 0 Å². The van der Waals surface area contributed by atoms with Gasteiger partial charge in [0.1, 0.15) is 6.04 Å². The van der Waals surface area contributed by atoms with Crippen molar-refractivity contribution in [2.45, 2.75) is 38.8 Å². The van der Waals surface area contributed by atoms with E-state index in [0.717, 1.165) is 11.3 Å². The lowest BCUT2D eigenvalue weighted by Crippen LogP contribution is -2.53. The van der Waals surface area contributed by atoms with E-state index in [4.69, 9.17) is 10.2 Å². The number of rotatable bonds is 8. The molecule has 0 spiro atoms. The summed E-state index contributed by atoms with van der Waals surface area (Å²) in [6.07, 6.45) is 0.135. The smallest absolute Gasteiger partial charge is 0.327 e. The van der Waals surface area contributed by atoms with Crippen molar-refractivity contribution < 1.29 is 24.6 Å². The van der Waals surface area contributed by atoms with E-state index in [1.165, 1.54) is 7.05 Å². The highest BCUT2D eigenvalue weighted by Crippen LogP contribution is 2.13. The Kier molecular flexibility index (Phi) is 7.06. The van der Waals surface area contributed by atoms with Crippen LogP contribution in [0.2, 0.25) is 0 Å². The van der Waals surface area contributed by atoms with Gasteiger partial charge in [0.05, 0.1) is 12.5 Å². The molecule has 0 aliphatic rings. The number of nitrogens with zero attached hydrogens (tertiary/aromatic N) is 1. The molecule has 0 aromatic carbocycles. The molecule has 0 radical (unpaired) electrons. The number of likely N-dealkylation sites (N-methyl/N-ethyl adjacent to an activating group) is 2. The van der Waals surface area contributed by atoms with E-state index < -0.39 is 36.4 Å². The summed E-state index contributed by atoms with van der Waals surface area (Å²) in [5, 5.41) is 20.6. The van der Waals surface area contributed by atoms with Crippen molar-refractivity contribution in [1.82, 2.24) is 10.2 Å². The van der Waals surface area contributed by atoms with Crippen molar-refractivity contribution in [3.8, 4) is 0 Å². The summed E-state index contributed by atoms with van der Waals surface area (Å²) in [5.74, 6) is -2.96. The number of aliphatic carboxylic acids is 2. The highest BCUT2D eigenvalue weighted by atomic mass is 16.4. The lowest BCUT2D eigenvalue weighted by molar-refractivity contribution is -0.154. The van der Waals surface area contributed by atoms with Crippen molar-refractivity contribution in [2.24, 2.45) is 5.92 Å². The molecule has 3 N–H and O–H groups in total. The summed E-state index contributed by atoms with van der Waals surface area (Å²) in [6.45, 7) is 3.80. The number of carbonyl (C=O) groups excluding carboxylic acids is 1. The molecule has 0 saturated heterocycles. The van der Waals surface area contributed by atoms with Crippen molar-refractivity contribution in [1.29, 1.82) is 0 Å². The minimum atomic E-state index is -1.36. The molecule has 0 saturated carbocycles. The monoisotopic (exact) mass is 274 g/mol. The fraction of sp³-hybridized carbons (Fsp3) is 0.750. The van der Waals surface area contributed by atoms with Crippen LogP contribution in [0.1, 0.15) is 26.7 Å². The van der Waals surface area contributed by atoms with Gasteiger partial charge in [-0.2, -0.15) is 0 Å². The van der Waals surface area contributed by atoms with Gasteiger partial charge in [0.25, 0.3) is 0 Å². The molecule has 0 unspecified atom stereocenters. The van der Waals surface area contributed by atoms with Crippen LogP contribution in [0, 0.1) is 5.92 Å². The van der Waals surface area contributed by atoms with Crippen LogP contribution >= 0.6 is 0 Å². The van der Waals surface area contributed by atoms with E-state index in [9.17, 15) is 14.4 Å². The second-order valence-electron chi connectivity index (χ2n) is 4.55. The Morgan fingerprint density at radius 2 is 1.79 bits per heavy atom. The van der Waals surface area contributed by atoms with Gasteiger partial charge in [-0.1, -0.05) is 20.3 Å². The second kappa shape index (κ2) is 7.73. The van der Waals surface area contributed by atoms with Gasteiger partial charge in [0.2, 0.25) is 5.91 Å². The number of amides is 1. The topological polar surface area (TPSA) is 107 Å². The number of carboxylic acids is 2. The minimum Gasteiger partial charge on any atom is -0.481 e. The van der Waals surface area contributed by atoms with Crippen molar-refractivity contribution in [3.05, 3.63) is 0 Å². The third kappa shape index (κ3) is 4.86. The summed E-state index contributed by atoms with van der Waals surface area (Å²) in [5.41, 5.74) is 0. The fourth-order valence-electron chi connectivity index (χ4n) is 1.82. The Morgan fingerprint density at radius 1 is 1.26 bits per heavy atom. The Hall–Kier alpha value is -1.63. The van der Waals surface area contributed by atoms with Gasteiger partial charge in [0, 0.05) is 7.05 Å². The normalized spacial score (nSPS) is 15.4.